The molecular weight excluding hydrogens is 442 g/mol. The molecule has 0 radical (unpaired) electrons. The van der Waals surface area contributed by atoms with Crippen LogP contribution >= 0.6 is 11.6 Å². The highest BCUT2D eigenvalue weighted by molar-refractivity contribution is 6.30. The van der Waals surface area contributed by atoms with Crippen LogP contribution < -0.4 is 5.32 Å². The minimum Gasteiger partial charge on any atom is -0.306 e. The fraction of sp³-hybridized carbons (Fsp3) is 0.517. The van der Waals surface area contributed by atoms with Gasteiger partial charge in [0.15, 0.2) is 0 Å². The van der Waals surface area contributed by atoms with E-state index in [0.717, 1.165) is 36.2 Å². The average Bonchev–Trinajstić information content (AvgIpc) is 3.27. The quantitative estimate of drug-likeness (QED) is 0.285. The Bertz CT molecular complexity index is 908. The van der Waals surface area contributed by atoms with E-state index in [4.69, 9.17) is 16.7 Å². The number of aryl methyl sites for hydroxylation is 1. The first-order valence-electron chi connectivity index (χ1n) is 13.1. The van der Waals surface area contributed by atoms with Gasteiger partial charge in [-0.1, -0.05) is 108 Å². The summed E-state index contributed by atoms with van der Waals surface area (Å²) in [6.07, 6.45) is 13.6. The zero-order valence-electron chi connectivity index (χ0n) is 20.9. The Balaban J connectivity index is 1.58. The van der Waals surface area contributed by atoms with Gasteiger partial charge in [-0.15, -0.1) is 0 Å². The van der Waals surface area contributed by atoms with Gasteiger partial charge in [-0.3, -0.25) is 0 Å². The minimum absolute atomic E-state index is 0.173. The van der Waals surface area contributed by atoms with Crippen LogP contribution in [0.3, 0.4) is 0 Å². The molecule has 0 aliphatic carbocycles. The number of nitrogens with zero attached hydrogens (tertiary/aromatic N) is 2. The Morgan fingerprint density at radius 1 is 0.912 bits per heavy atom. The summed E-state index contributed by atoms with van der Waals surface area (Å²) in [5.74, 6) is 0.249. The van der Waals surface area contributed by atoms with E-state index in [1.807, 2.05) is 36.4 Å². The van der Waals surface area contributed by atoms with Crippen molar-refractivity contribution in [2.24, 2.45) is 11.0 Å². The predicted octanol–water partition coefficient (Wildman–Crippen LogP) is 8.69. The van der Waals surface area contributed by atoms with Gasteiger partial charge in [0, 0.05) is 16.6 Å². The lowest BCUT2D eigenvalue weighted by atomic mass is 9.92. The smallest absolute Gasteiger partial charge is 0.306 e. The first kappa shape index (κ1) is 26.3. The molecule has 2 amide bonds. The van der Waals surface area contributed by atoms with Crippen molar-refractivity contribution >= 4 is 29.0 Å². The molecule has 4 nitrogen and oxygen atoms in total. The van der Waals surface area contributed by atoms with Crippen LogP contribution in [-0.4, -0.2) is 23.3 Å². The highest BCUT2D eigenvalue weighted by atomic mass is 35.5. The lowest BCUT2D eigenvalue weighted by molar-refractivity contribution is 0.215. The molecule has 1 heterocycles. The third kappa shape index (κ3) is 8.16. The van der Waals surface area contributed by atoms with Crippen molar-refractivity contribution in [3.05, 3.63) is 64.7 Å². The van der Waals surface area contributed by atoms with Crippen LogP contribution in [-0.2, 0) is 6.42 Å². The van der Waals surface area contributed by atoms with E-state index in [-0.39, 0.29) is 11.9 Å². The number of carbonyl (C=O) groups is 1. The van der Waals surface area contributed by atoms with Crippen molar-refractivity contribution in [2.75, 3.05) is 11.9 Å². The molecule has 0 bridgehead atoms. The Morgan fingerprint density at radius 3 is 2.21 bits per heavy atom. The van der Waals surface area contributed by atoms with Crippen LogP contribution in [0.15, 0.2) is 53.6 Å². The monoisotopic (exact) mass is 481 g/mol. The topological polar surface area (TPSA) is 44.7 Å². The van der Waals surface area contributed by atoms with Gasteiger partial charge in [0.05, 0.1) is 12.3 Å². The molecule has 1 aliphatic rings. The normalized spacial score (nSPS) is 15.4. The summed E-state index contributed by atoms with van der Waals surface area (Å²) in [7, 11) is 0. The molecule has 3 rings (SSSR count). The SMILES string of the molecule is CCCCCCCCCCC1CN(C(=O)Nc2ccc(CCC)cc2)N=C1c1ccc(Cl)cc1. The standard InChI is InChI=1S/C29H40ClN3O/c1-3-5-6-7-8-9-10-11-13-25-22-33(32-28(25)24-16-18-26(30)19-17-24)29(34)31-27-20-14-23(12-4-2)15-21-27/h14-21,25H,3-13,22H2,1-2H3,(H,31,34). The van der Waals surface area contributed by atoms with E-state index in [1.54, 1.807) is 5.01 Å². The number of hydrazone groups is 1. The van der Waals surface area contributed by atoms with Gasteiger partial charge >= 0.3 is 6.03 Å². The summed E-state index contributed by atoms with van der Waals surface area (Å²) < 4.78 is 0. The number of unbranched alkanes of at least 4 members (excludes halogenated alkanes) is 7. The highest BCUT2D eigenvalue weighted by Gasteiger charge is 2.30. The Labute approximate surface area is 210 Å². The Hall–Kier alpha value is -2.33. The fourth-order valence-corrected chi connectivity index (χ4v) is 4.70. The van der Waals surface area contributed by atoms with Crippen molar-refractivity contribution in [3.8, 4) is 0 Å². The van der Waals surface area contributed by atoms with Crippen LogP contribution in [0.2, 0.25) is 5.02 Å². The van der Waals surface area contributed by atoms with E-state index >= 15 is 0 Å². The molecule has 0 saturated carbocycles. The average molecular weight is 482 g/mol. The second kappa shape index (κ2) is 14.2. The van der Waals surface area contributed by atoms with Crippen molar-refractivity contribution in [1.29, 1.82) is 0 Å². The number of urea groups is 1. The second-order valence-electron chi connectivity index (χ2n) is 9.41. The highest BCUT2D eigenvalue weighted by Crippen LogP contribution is 2.26. The molecule has 0 spiro atoms. The maximum Gasteiger partial charge on any atom is 0.342 e. The number of halogens is 1. The number of nitrogens with one attached hydrogen (secondary N) is 1. The molecule has 2 aromatic rings. The first-order chi connectivity index (χ1) is 16.6. The van der Waals surface area contributed by atoms with Gasteiger partial charge in [-0.05, 0) is 48.2 Å². The van der Waals surface area contributed by atoms with E-state index in [1.165, 1.54) is 56.9 Å². The summed E-state index contributed by atoms with van der Waals surface area (Å²) in [5, 5.41) is 10.1. The summed E-state index contributed by atoms with van der Waals surface area (Å²) in [4.78, 5) is 13.0. The van der Waals surface area contributed by atoms with Crippen LogP contribution in [0, 0.1) is 5.92 Å². The van der Waals surface area contributed by atoms with Crippen LogP contribution in [0.5, 0.6) is 0 Å². The summed E-state index contributed by atoms with van der Waals surface area (Å²) in [6.45, 7) is 5.05. The number of hydrogen-bond donors (Lipinski definition) is 1. The van der Waals surface area contributed by atoms with Gasteiger partial charge in [0.2, 0.25) is 0 Å². The molecule has 5 heteroatoms. The van der Waals surface area contributed by atoms with Crippen molar-refractivity contribution in [2.45, 2.75) is 84.5 Å². The van der Waals surface area contributed by atoms with Crippen LogP contribution in [0.4, 0.5) is 10.5 Å². The lowest BCUT2D eigenvalue weighted by Gasteiger charge is -2.16. The zero-order valence-corrected chi connectivity index (χ0v) is 21.6. The molecule has 34 heavy (non-hydrogen) atoms. The number of benzene rings is 2. The maximum absolute atomic E-state index is 13.0. The van der Waals surface area contributed by atoms with Crippen molar-refractivity contribution < 1.29 is 4.79 Å². The van der Waals surface area contributed by atoms with Crippen molar-refractivity contribution in [1.82, 2.24) is 5.01 Å². The van der Waals surface area contributed by atoms with Crippen LogP contribution in [0.25, 0.3) is 0 Å². The Kier molecular flexibility index (Phi) is 10.9. The number of amides is 2. The molecule has 0 fully saturated rings. The molecular formula is C29H40ClN3O. The third-order valence-corrected chi connectivity index (χ3v) is 6.78. The van der Waals surface area contributed by atoms with E-state index in [0.29, 0.717) is 11.6 Å². The maximum atomic E-state index is 13.0. The molecule has 2 aromatic carbocycles. The third-order valence-electron chi connectivity index (χ3n) is 6.53. The summed E-state index contributed by atoms with van der Waals surface area (Å²) in [6, 6.07) is 15.7. The van der Waals surface area contributed by atoms with Crippen molar-refractivity contribution in [3.63, 3.8) is 0 Å². The molecule has 1 N–H and O–H groups in total. The molecule has 0 saturated heterocycles. The van der Waals surface area contributed by atoms with E-state index in [9.17, 15) is 4.79 Å². The number of hydrogen-bond acceptors (Lipinski definition) is 2. The van der Waals surface area contributed by atoms with E-state index < -0.39 is 0 Å². The molecule has 1 aliphatic heterocycles. The van der Waals surface area contributed by atoms with Gasteiger partial charge in [0.1, 0.15) is 0 Å². The first-order valence-corrected chi connectivity index (χ1v) is 13.5. The Morgan fingerprint density at radius 2 is 1.56 bits per heavy atom. The molecule has 184 valence electrons. The molecule has 1 atom stereocenters. The van der Waals surface area contributed by atoms with E-state index in [2.05, 4.69) is 31.3 Å². The zero-order chi connectivity index (χ0) is 24.2. The summed E-state index contributed by atoms with van der Waals surface area (Å²) in [5.41, 5.74) is 4.14. The number of anilines is 1. The fourth-order valence-electron chi connectivity index (χ4n) is 4.57. The molecule has 1 unspecified atom stereocenters. The second-order valence-corrected chi connectivity index (χ2v) is 9.85. The number of carbonyl (C=O) groups excluding carboxylic acids is 1. The summed E-state index contributed by atoms with van der Waals surface area (Å²) >= 11 is 6.10. The van der Waals surface area contributed by atoms with Gasteiger partial charge in [0.25, 0.3) is 0 Å². The largest absolute Gasteiger partial charge is 0.342 e. The predicted molar refractivity (Wildman–Crippen MR) is 145 cm³/mol. The lowest BCUT2D eigenvalue weighted by Crippen LogP contribution is -2.30. The van der Waals surface area contributed by atoms with Gasteiger partial charge < -0.3 is 5.32 Å². The van der Waals surface area contributed by atoms with Crippen LogP contribution in [0.1, 0.15) is 89.2 Å². The van der Waals surface area contributed by atoms with Gasteiger partial charge in [-0.25, -0.2) is 9.80 Å². The minimum atomic E-state index is -0.173. The molecule has 0 aromatic heterocycles. The van der Waals surface area contributed by atoms with Gasteiger partial charge in [-0.2, -0.15) is 5.10 Å². The number of rotatable bonds is 13.